The molecule has 3 N–H and O–H groups in total. The Labute approximate surface area is 369 Å². The molecular formula is C51H90N2O6P+. The van der Waals surface area contributed by atoms with E-state index in [9.17, 15) is 19.4 Å². The summed E-state index contributed by atoms with van der Waals surface area (Å²) >= 11 is 0. The summed E-state index contributed by atoms with van der Waals surface area (Å²) in [4.78, 5) is 22.8. The summed E-state index contributed by atoms with van der Waals surface area (Å²) in [5.41, 5.74) is 0. The topological polar surface area (TPSA) is 105 Å². The van der Waals surface area contributed by atoms with Gasteiger partial charge in [-0.15, -0.1) is 0 Å². The van der Waals surface area contributed by atoms with Crippen LogP contribution in [0.4, 0.5) is 0 Å². The molecule has 0 aliphatic rings. The quantitative estimate of drug-likeness (QED) is 0.0245. The standard InChI is InChI=1S/C51H89N2O6P/c1-6-8-10-11-12-13-14-15-16-17-18-19-20-21-22-23-24-25-26-27-28-29-30-31-32-33-34-35-36-37-38-39-40-41-43-45-51(55)52-49(50(54)44-42-9-7-2)48-59-60(56,57)58-47-46-53(3,4)5/h8,10,12-13,15-16,18-19,21-22,24-25,27-28,42,44,49-50,54H,6-7,9,11,14,17,20,23,26,29-41,43,45-48H2,1-5H3,(H-,52,55,56,57)/p+1/b10-8-,13-12-,16-15-,19-18-,22-21-,25-24-,28-27-,44-42+. The lowest BCUT2D eigenvalue weighted by atomic mass is 10.0. The van der Waals surface area contributed by atoms with E-state index in [1.54, 1.807) is 6.08 Å². The molecule has 60 heavy (non-hydrogen) atoms. The molecule has 3 atom stereocenters. The Morgan fingerprint density at radius 3 is 1.43 bits per heavy atom. The predicted molar refractivity (Wildman–Crippen MR) is 258 cm³/mol. The number of phosphoric ester groups is 1. The largest absolute Gasteiger partial charge is 0.472 e. The third-order valence-electron chi connectivity index (χ3n) is 9.79. The summed E-state index contributed by atoms with van der Waals surface area (Å²) in [7, 11) is 1.55. The first kappa shape index (κ1) is 57.4. The summed E-state index contributed by atoms with van der Waals surface area (Å²) < 4.78 is 23.2. The van der Waals surface area contributed by atoms with E-state index >= 15 is 0 Å². The second kappa shape index (κ2) is 41.8. The van der Waals surface area contributed by atoms with E-state index in [4.69, 9.17) is 9.05 Å². The highest BCUT2D eigenvalue weighted by atomic mass is 31.2. The lowest BCUT2D eigenvalue weighted by Gasteiger charge is -2.25. The zero-order valence-corrected chi connectivity index (χ0v) is 39.8. The van der Waals surface area contributed by atoms with Crippen molar-refractivity contribution in [3.05, 3.63) is 97.2 Å². The molecule has 3 unspecified atom stereocenters. The number of amides is 1. The van der Waals surface area contributed by atoms with Crippen molar-refractivity contribution >= 4 is 13.7 Å². The number of nitrogens with one attached hydrogen (secondary N) is 1. The maximum atomic E-state index is 12.7. The molecule has 1 amide bonds. The van der Waals surface area contributed by atoms with Crippen LogP contribution < -0.4 is 5.32 Å². The maximum Gasteiger partial charge on any atom is 0.472 e. The number of aliphatic hydroxyl groups is 1. The minimum atomic E-state index is -4.32. The number of hydrogen-bond acceptors (Lipinski definition) is 5. The van der Waals surface area contributed by atoms with Gasteiger partial charge in [-0.1, -0.05) is 188 Å². The maximum absolute atomic E-state index is 12.7. The smallest absolute Gasteiger partial charge is 0.387 e. The molecule has 0 aliphatic carbocycles. The van der Waals surface area contributed by atoms with Crippen molar-refractivity contribution in [2.45, 2.75) is 180 Å². The number of quaternary nitrogens is 1. The predicted octanol–water partition coefficient (Wildman–Crippen LogP) is 13.5. The first-order valence-electron chi connectivity index (χ1n) is 23.6. The number of hydrogen-bond donors (Lipinski definition) is 3. The van der Waals surface area contributed by atoms with Crippen molar-refractivity contribution in [2.24, 2.45) is 0 Å². The molecule has 8 nitrogen and oxygen atoms in total. The Hall–Kier alpha value is -2.58. The van der Waals surface area contributed by atoms with E-state index in [-0.39, 0.29) is 19.1 Å². The molecule has 0 aliphatic heterocycles. The van der Waals surface area contributed by atoms with Gasteiger partial charge in [0.1, 0.15) is 13.2 Å². The number of carbonyl (C=O) groups is 1. The molecule has 0 bridgehead atoms. The lowest BCUT2D eigenvalue weighted by molar-refractivity contribution is -0.870. The molecule has 0 aromatic carbocycles. The first-order chi connectivity index (χ1) is 29.0. The van der Waals surface area contributed by atoms with Crippen molar-refractivity contribution in [3.8, 4) is 0 Å². The number of nitrogens with zero attached hydrogens (tertiary/aromatic N) is 1. The van der Waals surface area contributed by atoms with Crippen LogP contribution >= 0.6 is 7.82 Å². The number of unbranched alkanes of at least 4 members (excludes halogenated alkanes) is 14. The summed E-state index contributed by atoms with van der Waals surface area (Å²) in [5, 5.41) is 13.5. The van der Waals surface area contributed by atoms with Crippen molar-refractivity contribution < 1.29 is 32.9 Å². The van der Waals surface area contributed by atoms with Crippen LogP contribution in [0.25, 0.3) is 0 Å². The minimum Gasteiger partial charge on any atom is -0.387 e. The Morgan fingerprint density at radius 2 is 1.00 bits per heavy atom. The van der Waals surface area contributed by atoms with Crippen LogP contribution in [0.2, 0.25) is 0 Å². The van der Waals surface area contributed by atoms with Crippen molar-refractivity contribution in [1.29, 1.82) is 0 Å². The average molecular weight is 858 g/mol. The highest BCUT2D eigenvalue weighted by Crippen LogP contribution is 2.43. The molecule has 0 heterocycles. The van der Waals surface area contributed by atoms with Gasteiger partial charge in [-0.2, -0.15) is 0 Å². The molecule has 0 aromatic rings. The van der Waals surface area contributed by atoms with Gasteiger partial charge in [0.2, 0.25) is 5.91 Å². The molecule has 0 aromatic heterocycles. The fraction of sp³-hybridized carbons (Fsp3) is 0.667. The van der Waals surface area contributed by atoms with Crippen LogP contribution in [0.3, 0.4) is 0 Å². The normalized spacial score (nSPS) is 15.1. The Balaban J connectivity index is 3.83. The SMILES string of the molecule is CC/C=C\C/C=C\C/C=C\C/C=C\C/C=C\C/C=C\C/C=C\CCCCCCCCCCCCCCCC(=O)NC(COP(=O)(O)OCC[N+](C)(C)C)C(O)/C=C/CCC. The molecule has 0 saturated heterocycles. The zero-order valence-electron chi connectivity index (χ0n) is 38.9. The van der Waals surface area contributed by atoms with E-state index in [2.05, 4.69) is 97.3 Å². The van der Waals surface area contributed by atoms with Gasteiger partial charge in [0.15, 0.2) is 0 Å². The van der Waals surface area contributed by atoms with Gasteiger partial charge >= 0.3 is 7.82 Å². The molecule has 0 fully saturated rings. The third kappa shape index (κ3) is 43.5. The average Bonchev–Trinajstić information content (AvgIpc) is 3.20. The van der Waals surface area contributed by atoms with Gasteiger partial charge in [-0.05, 0) is 70.6 Å². The van der Waals surface area contributed by atoms with E-state index in [1.165, 1.54) is 70.6 Å². The van der Waals surface area contributed by atoms with Gasteiger partial charge in [-0.3, -0.25) is 13.8 Å². The Kier molecular flexibility index (Phi) is 40.0. The van der Waals surface area contributed by atoms with Gasteiger partial charge in [0.05, 0.1) is 39.9 Å². The van der Waals surface area contributed by atoms with Gasteiger partial charge < -0.3 is 19.8 Å². The van der Waals surface area contributed by atoms with E-state index in [0.717, 1.165) is 77.0 Å². The van der Waals surface area contributed by atoms with Gasteiger partial charge in [0.25, 0.3) is 0 Å². The monoisotopic (exact) mass is 858 g/mol. The highest BCUT2D eigenvalue weighted by molar-refractivity contribution is 7.47. The van der Waals surface area contributed by atoms with E-state index < -0.39 is 20.0 Å². The number of carbonyl (C=O) groups excluding carboxylic acids is 1. The highest BCUT2D eigenvalue weighted by Gasteiger charge is 2.27. The van der Waals surface area contributed by atoms with Crippen molar-refractivity contribution in [1.82, 2.24) is 5.32 Å². The number of likely N-dealkylation sites (N-methyl/N-ethyl adjacent to an activating group) is 1. The molecule has 0 spiro atoms. The minimum absolute atomic E-state index is 0.0556. The van der Waals surface area contributed by atoms with Crippen LogP contribution in [0, 0.1) is 0 Å². The van der Waals surface area contributed by atoms with Crippen LogP contribution in [0.5, 0.6) is 0 Å². The summed E-state index contributed by atoms with van der Waals surface area (Å²) in [6.45, 7) is 4.46. The molecule has 9 heteroatoms. The van der Waals surface area contributed by atoms with Crippen LogP contribution in [0.1, 0.15) is 168 Å². The van der Waals surface area contributed by atoms with Crippen molar-refractivity contribution in [2.75, 3.05) is 40.9 Å². The summed E-state index contributed by atoms with van der Waals surface area (Å²) in [6, 6.07) is -0.847. The molecule has 344 valence electrons. The number of rotatable bonds is 41. The van der Waals surface area contributed by atoms with Gasteiger partial charge in [0, 0.05) is 6.42 Å². The van der Waals surface area contributed by atoms with Gasteiger partial charge in [-0.25, -0.2) is 4.57 Å². The van der Waals surface area contributed by atoms with Crippen LogP contribution in [-0.2, 0) is 18.4 Å². The second-order valence-corrected chi connectivity index (χ2v) is 18.2. The third-order valence-corrected chi connectivity index (χ3v) is 10.8. The fourth-order valence-electron chi connectivity index (χ4n) is 6.09. The van der Waals surface area contributed by atoms with E-state index in [0.29, 0.717) is 17.4 Å². The molecular weight excluding hydrogens is 768 g/mol. The first-order valence-corrected chi connectivity index (χ1v) is 25.1. The molecule has 0 radical (unpaired) electrons. The Morgan fingerprint density at radius 1 is 0.583 bits per heavy atom. The fourth-order valence-corrected chi connectivity index (χ4v) is 6.82. The van der Waals surface area contributed by atoms with Crippen LogP contribution in [-0.4, -0.2) is 73.4 Å². The number of phosphoric acid groups is 1. The number of aliphatic hydroxyl groups excluding tert-OH is 1. The summed E-state index contributed by atoms with van der Waals surface area (Å²) in [5.74, 6) is -0.196. The number of allylic oxidation sites excluding steroid dienone is 15. The van der Waals surface area contributed by atoms with Crippen molar-refractivity contribution in [3.63, 3.8) is 0 Å². The Bertz CT molecular complexity index is 1290. The zero-order chi connectivity index (χ0) is 44.3. The van der Waals surface area contributed by atoms with Crippen LogP contribution in [0.15, 0.2) is 97.2 Å². The summed E-state index contributed by atoms with van der Waals surface area (Å²) in [6.07, 6.45) is 60.2. The lowest BCUT2D eigenvalue weighted by Crippen LogP contribution is -2.45. The molecule has 0 saturated carbocycles. The van der Waals surface area contributed by atoms with E-state index in [1.807, 2.05) is 34.1 Å². The molecule has 0 rings (SSSR count). The second-order valence-electron chi connectivity index (χ2n) is 16.8.